The molecule has 1 aromatic rings. The van der Waals surface area contributed by atoms with Gasteiger partial charge in [0.25, 0.3) is 5.91 Å². The molecule has 0 aliphatic carbocycles. The molecule has 0 unspecified atom stereocenters. The van der Waals surface area contributed by atoms with Gasteiger partial charge in [-0.15, -0.1) is 0 Å². The standard InChI is InChI=1S/C17H23N3O4/c1-2-24-16(23)18-10-8-17(9-11-18)15(22)19(13-21)12-20(17)14-6-4-3-5-7-14/h3-7,21H,2,8-13H2,1H3. The average Bonchev–Trinajstić information content (AvgIpc) is 2.89. The van der Waals surface area contributed by atoms with Crippen LogP contribution in [0.1, 0.15) is 19.8 Å². The van der Waals surface area contributed by atoms with Gasteiger partial charge in [0.15, 0.2) is 0 Å². The van der Waals surface area contributed by atoms with Crippen molar-refractivity contribution in [2.75, 3.05) is 38.0 Å². The summed E-state index contributed by atoms with van der Waals surface area (Å²) >= 11 is 0. The molecule has 0 bridgehead atoms. The molecule has 0 radical (unpaired) electrons. The minimum absolute atomic E-state index is 0.0719. The fraction of sp³-hybridized carbons (Fsp3) is 0.529. The molecule has 2 aliphatic rings. The number of ether oxygens (including phenoxy) is 1. The summed E-state index contributed by atoms with van der Waals surface area (Å²) in [6.45, 7) is 3.11. The summed E-state index contributed by atoms with van der Waals surface area (Å²) in [6.07, 6.45) is 0.717. The Morgan fingerprint density at radius 2 is 1.92 bits per heavy atom. The van der Waals surface area contributed by atoms with E-state index in [9.17, 15) is 14.7 Å². The number of carbonyl (C=O) groups is 2. The van der Waals surface area contributed by atoms with Gasteiger partial charge in [-0.05, 0) is 31.9 Å². The zero-order chi connectivity index (χ0) is 17.2. The number of para-hydroxylation sites is 1. The monoisotopic (exact) mass is 333 g/mol. The first-order valence-corrected chi connectivity index (χ1v) is 8.27. The highest BCUT2D eigenvalue weighted by Gasteiger charge is 2.54. The van der Waals surface area contributed by atoms with Crippen molar-refractivity contribution >= 4 is 17.7 Å². The second-order valence-corrected chi connectivity index (χ2v) is 6.11. The van der Waals surface area contributed by atoms with E-state index in [-0.39, 0.29) is 18.7 Å². The van der Waals surface area contributed by atoms with Gasteiger partial charge in [0, 0.05) is 18.8 Å². The van der Waals surface area contributed by atoms with Gasteiger partial charge in [0.2, 0.25) is 0 Å². The highest BCUT2D eigenvalue weighted by molar-refractivity contribution is 5.93. The molecular weight excluding hydrogens is 310 g/mol. The van der Waals surface area contributed by atoms with Crippen molar-refractivity contribution in [2.24, 2.45) is 0 Å². The molecule has 2 heterocycles. The summed E-state index contributed by atoms with van der Waals surface area (Å²) < 4.78 is 5.05. The van der Waals surface area contributed by atoms with E-state index in [1.807, 2.05) is 35.2 Å². The largest absolute Gasteiger partial charge is 0.450 e. The lowest BCUT2D eigenvalue weighted by molar-refractivity contribution is -0.136. The summed E-state index contributed by atoms with van der Waals surface area (Å²) in [4.78, 5) is 29.9. The number of aliphatic hydroxyl groups excluding tert-OH is 1. The predicted octanol–water partition coefficient (Wildman–Crippen LogP) is 1.23. The molecule has 1 aromatic carbocycles. The van der Waals surface area contributed by atoms with Crippen LogP contribution in [0.3, 0.4) is 0 Å². The van der Waals surface area contributed by atoms with Gasteiger partial charge < -0.3 is 19.6 Å². The summed E-state index contributed by atoms with van der Waals surface area (Å²) in [5.74, 6) is -0.0719. The van der Waals surface area contributed by atoms with Crippen LogP contribution in [0.15, 0.2) is 30.3 Å². The van der Waals surface area contributed by atoms with Crippen molar-refractivity contribution in [3.05, 3.63) is 30.3 Å². The zero-order valence-corrected chi connectivity index (χ0v) is 13.9. The van der Waals surface area contributed by atoms with E-state index in [1.165, 1.54) is 4.90 Å². The van der Waals surface area contributed by atoms with Gasteiger partial charge in [0.05, 0.1) is 13.3 Å². The van der Waals surface area contributed by atoms with Gasteiger partial charge in [-0.2, -0.15) is 0 Å². The number of carbonyl (C=O) groups excluding carboxylic acids is 2. The molecule has 1 spiro atoms. The van der Waals surface area contributed by atoms with Crippen molar-refractivity contribution < 1.29 is 19.4 Å². The topological polar surface area (TPSA) is 73.3 Å². The van der Waals surface area contributed by atoms with E-state index < -0.39 is 5.54 Å². The van der Waals surface area contributed by atoms with Crippen LogP contribution in [0.25, 0.3) is 0 Å². The number of aliphatic hydroxyl groups is 1. The summed E-state index contributed by atoms with van der Waals surface area (Å²) in [7, 11) is 0. The molecule has 2 saturated heterocycles. The molecule has 130 valence electrons. The zero-order valence-electron chi connectivity index (χ0n) is 13.9. The second-order valence-electron chi connectivity index (χ2n) is 6.11. The number of anilines is 1. The van der Waals surface area contributed by atoms with Gasteiger partial charge >= 0.3 is 6.09 Å². The number of amides is 2. The molecule has 0 atom stereocenters. The van der Waals surface area contributed by atoms with Crippen molar-refractivity contribution in [3.8, 4) is 0 Å². The number of nitrogens with zero attached hydrogens (tertiary/aromatic N) is 3. The molecule has 2 aliphatic heterocycles. The van der Waals surface area contributed by atoms with Crippen molar-refractivity contribution in [3.63, 3.8) is 0 Å². The van der Waals surface area contributed by atoms with E-state index in [1.54, 1.807) is 11.8 Å². The van der Waals surface area contributed by atoms with Crippen LogP contribution in [0.5, 0.6) is 0 Å². The minimum atomic E-state index is -0.701. The molecule has 7 nitrogen and oxygen atoms in total. The Hall–Kier alpha value is -2.28. The summed E-state index contributed by atoms with van der Waals surface area (Å²) in [5.41, 5.74) is 0.249. The molecule has 1 N–H and O–H groups in total. The number of likely N-dealkylation sites (tertiary alicyclic amines) is 1. The fourth-order valence-corrected chi connectivity index (χ4v) is 3.58. The van der Waals surface area contributed by atoms with Crippen LogP contribution in [0.4, 0.5) is 10.5 Å². The van der Waals surface area contributed by atoms with Crippen LogP contribution < -0.4 is 4.90 Å². The fourth-order valence-electron chi connectivity index (χ4n) is 3.58. The lowest BCUT2D eigenvalue weighted by Gasteiger charge is -2.42. The van der Waals surface area contributed by atoms with Crippen molar-refractivity contribution in [2.45, 2.75) is 25.3 Å². The van der Waals surface area contributed by atoms with Crippen LogP contribution >= 0.6 is 0 Å². The maximum absolute atomic E-state index is 12.9. The molecule has 0 aromatic heterocycles. The van der Waals surface area contributed by atoms with Gasteiger partial charge in [-0.3, -0.25) is 9.69 Å². The average molecular weight is 333 g/mol. The maximum Gasteiger partial charge on any atom is 0.409 e. The molecule has 24 heavy (non-hydrogen) atoms. The molecule has 2 fully saturated rings. The highest BCUT2D eigenvalue weighted by Crippen LogP contribution is 2.39. The SMILES string of the molecule is CCOC(=O)N1CCC2(CC1)C(=O)N(CO)CN2c1ccccc1. The molecular formula is C17H23N3O4. The predicted molar refractivity (Wildman–Crippen MR) is 88.3 cm³/mol. The summed E-state index contributed by atoms with van der Waals surface area (Å²) in [5, 5.41) is 9.52. The highest BCUT2D eigenvalue weighted by atomic mass is 16.6. The summed E-state index contributed by atoms with van der Waals surface area (Å²) in [6, 6.07) is 9.73. The van der Waals surface area contributed by atoms with Crippen LogP contribution in [-0.2, 0) is 9.53 Å². The minimum Gasteiger partial charge on any atom is -0.450 e. The quantitative estimate of drug-likeness (QED) is 0.901. The Bertz CT molecular complexity index is 599. The second kappa shape index (κ2) is 6.68. The smallest absolute Gasteiger partial charge is 0.409 e. The van der Waals surface area contributed by atoms with Crippen LogP contribution in [-0.4, -0.2) is 65.5 Å². The first kappa shape index (κ1) is 16.6. The third-order valence-electron chi connectivity index (χ3n) is 4.87. The number of rotatable bonds is 3. The lowest BCUT2D eigenvalue weighted by Crippen LogP contribution is -2.57. The van der Waals surface area contributed by atoms with E-state index in [0.29, 0.717) is 39.2 Å². The number of piperidine rings is 1. The Morgan fingerprint density at radius 1 is 1.25 bits per heavy atom. The van der Waals surface area contributed by atoms with Crippen LogP contribution in [0.2, 0.25) is 0 Å². The third-order valence-corrected chi connectivity index (χ3v) is 4.87. The van der Waals surface area contributed by atoms with Gasteiger partial charge in [0.1, 0.15) is 12.3 Å². The number of hydrogen-bond donors (Lipinski definition) is 1. The Labute approximate surface area is 141 Å². The van der Waals surface area contributed by atoms with E-state index in [0.717, 1.165) is 5.69 Å². The van der Waals surface area contributed by atoms with Crippen molar-refractivity contribution in [1.29, 1.82) is 0 Å². The molecule has 3 rings (SSSR count). The number of benzene rings is 1. The Kier molecular flexibility index (Phi) is 4.62. The maximum atomic E-state index is 12.9. The van der Waals surface area contributed by atoms with Gasteiger partial charge in [-0.25, -0.2) is 4.79 Å². The molecule has 7 heteroatoms. The van der Waals surface area contributed by atoms with E-state index >= 15 is 0 Å². The van der Waals surface area contributed by atoms with E-state index in [4.69, 9.17) is 4.74 Å². The number of hydrogen-bond acceptors (Lipinski definition) is 5. The van der Waals surface area contributed by atoms with Gasteiger partial charge in [-0.1, -0.05) is 18.2 Å². The normalized spacial score (nSPS) is 19.9. The third kappa shape index (κ3) is 2.69. The first-order valence-electron chi connectivity index (χ1n) is 8.27. The Morgan fingerprint density at radius 3 is 2.50 bits per heavy atom. The van der Waals surface area contributed by atoms with E-state index in [2.05, 4.69) is 0 Å². The molecule has 2 amide bonds. The van der Waals surface area contributed by atoms with Crippen molar-refractivity contribution in [1.82, 2.24) is 9.80 Å². The molecule has 0 saturated carbocycles. The van der Waals surface area contributed by atoms with Crippen LogP contribution in [0, 0.1) is 0 Å². The Balaban J connectivity index is 1.83. The first-order chi connectivity index (χ1) is 11.6. The lowest BCUT2D eigenvalue weighted by atomic mass is 9.85.